The van der Waals surface area contributed by atoms with Gasteiger partial charge in [0, 0.05) is 24.8 Å². The molecule has 0 unspecified atom stereocenters. The molecule has 0 fully saturated rings. The standard InChI is InChI=1S/C16H18N2O5/c1-2-6-20-7-5-17-16(19)12-9-14(23-18-12)11-3-4-13-15(8-11)22-10-21-13/h3-4,8-9H,2,5-7,10H2,1H3,(H,17,19). The number of hydrogen-bond donors (Lipinski definition) is 1. The topological polar surface area (TPSA) is 82.8 Å². The van der Waals surface area contributed by atoms with E-state index in [2.05, 4.69) is 10.5 Å². The van der Waals surface area contributed by atoms with Crippen LogP contribution in [0, 0.1) is 0 Å². The second-order valence-corrected chi connectivity index (χ2v) is 5.01. The average molecular weight is 318 g/mol. The second-order valence-electron chi connectivity index (χ2n) is 5.01. The van der Waals surface area contributed by atoms with Crippen molar-refractivity contribution in [1.82, 2.24) is 10.5 Å². The summed E-state index contributed by atoms with van der Waals surface area (Å²) < 4.78 is 21.1. The molecule has 2 aromatic rings. The fraction of sp³-hybridized carbons (Fsp3) is 0.375. The third kappa shape index (κ3) is 3.62. The molecule has 1 amide bonds. The number of nitrogens with one attached hydrogen (secondary N) is 1. The third-order valence-electron chi connectivity index (χ3n) is 3.28. The lowest BCUT2D eigenvalue weighted by Crippen LogP contribution is -2.27. The van der Waals surface area contributed by atoms with E-state index in [0.717, 1.165) is 12.0 Å². The Bertz CT molecular complexity index is 683. The van der Waals surface area contributed by atoms with Crippen molar-refractivity contribution in [2.45, 2.75) is 13.3 Å². The highest BCUT2D eigenvalue weighted by atomic mass is 16.7. The molecule has 0 radical (unpaired) electrons. The van der Waals surface area contributed by atoms with Crippen LogP contribution in [0.3, 0.4) is 0 Å². The Kier molecular flexibility index (Phi) is 4.77. The molecule has 1 aliphatic heterocycles. The van der Waals surface area contributed by atoms with Crippen molar-refractivity contribution in [2.24, 2.45) is 0 Å². The highest BCUT2D eigenvalue weighted by molar-refractivity contribution is 5.93. The summed E-state index contributed by atoms with van der Waals surface area (Å²) >= 11 is 0. The monoisotopic (exact) mass is 318 g/mol. The van der Waals surface area contributed by atoms with Gasteiger partial charge in [-0.25, -0.2) is 0 Å². The molecular weight excluding hydrogens is 300 g/mol. The van der Waals surface area contributed by atoms with Gasteiger partial charge in [0.05, 0.1) is 6.61 Å². The average Bonchev–Trinajstić information content (AvgIpc) is 3.22. The zero-order valence-electron chi connectivity index (χ0n) is 12.8. The number of hydrogen-bond acceptors (Lipinski definition) is 6. The van der Waals surface area contributed by atoms with Crippen LogP contribution in [0.5, 0.6) is 11.5 Å². The summed E-state index contributed by atoms with van der Waals surface area (Å²) in [6.45, 7) is 3.85. The number of fused-ring (bicyclic) bond motifs is 1. The molecule has 0 aliphatic carbocycles. The van der Waals surface area contributed by atoms with E-state index >= 15 is 0 Å². The predicted octanol–water partition coefficient (Wildman–Crippen LogP) is 2.23. The van der Waals surface area contributed by atoms with Crippen LogP contribution in [0.4, 0.5) is 0 Å². The SMILES string of the molecule is CCCOCCNC(=O)c1cc(-c2ccc3c(c2)OCO3)on1. The van der Waals surface area contributed by atoms with Crippen LogP contribution in [-0.2, 0) is 4.74 Å². The normalized spacial score (nSPS) is 12.4. The predicted molar refractivity (Wildman–Crippen MR) is 81.5 cm³/mol. The maximum Gasteiger partial charge on any atom is 0.273 e. The van der Waals surface area contributed by atoms with Crippen LogP contribution in [-0.4, -0.2) is 37.6 Å². The number of carbonyl (C=O) groups is 1. The van der Waals surface area contributed by atoms with Gasteiger partial charge in [0.1, 0.15) is 0 Å². The summed E-state index contributed by atoms with van der Waals surface area (Å²) in [5.74, 6) is 1.55. The van der Waals surface area contributed by atoms with Crippen LogP contribution < -0.4 is 14.8 Å². The summed E-state index contributed by atoms with van der Waals surface area (Å²) in [5, 5.41) is 6.53. The van der Waals surface area contributed by atoms with Gasteiger partial charge < -0.3 is 24.1 Å². The summed E-state index contributed by atoms with van der Waals surface area (Å²) in [5.41, 5.74) is 1.00. The van der Waals surface area contributed by atoms with E-state index in [0.29, 0.717) is 37.0 Å². The molecule has 1 aromatic carbocycles. The molecule has 1 N–H and O–H groups in total. The van der Waals surface area contributed by atoms with Crippen LogP contribution >= 0.6 is 0 Å². The number of nitrogens with zero attached hydrogens (tertiary/aromatic N) is 1. The summed E-state index contributed by atoms with van der Waals surface area (Å²) in [7, 11) is 0. The Morgan fingerprint density at radius 2 is 2.13 bits per heavy atom. The van der Waals surface area contributed by atoms with Crippen molar-refractivity contribution in [3.8, 4) is 22.8 Å². The van der Waals surface area contributed by atoms with Gasteiger partial charge in [-0.05, 0) is 24.6 Å². The molecule has 2 heterocycles. The van der Waals surface area contributed by atoms with Gasteiger partial charge in [-0.3, -0.25) is 4.79 Å². The Balaban J connectivity index is 1.60. The van der Waals surface area contributed by atoms with E-state index in [-0.39, 0.29) is 18.4 Å². The lowest BCUT2D eigenvalue weighted by atomic mass is 10.1. The van der Waals surface area contributed by atoms with Crippen LogP contribution in [0.25, 0.3) is 11.3 Å². The molecule has 1 aliphatic rings. The number of aromatic nitrogens is 1. The summed E-state index contributed by atoms with van der Waals surface area (Å²) in [6, 6.07) is 7.02. The number of amides is 1. The van der Waals surface area contributed by atoms with Crippen molar-refractivity contribution in [3.05, 3.63) is 30.0 Å². The molecule has 7 nitrogen and oxygen atoms in total. The Morgan fingerprint density at radius 1 is 1.26 bits per heavy atom. The zero-order chi connectivity index (χ0) is 16.1. The Labute approximate surface area is 133 Å². The minimum atomic E-state index is -0.291. The molecule has 1 aromatic heterocycles. The molecule has 122 valence electrons. The highest BCUT2D eigenvalue weighted by Crippen LogP contribution is 2.35. The minimum absolute atomic E-state index is 0.211. The third-order valence-corrected chi connectivity index (χ3v) is 3.28. The van der Waals surface area contributed by atoms with Gasteiger partial charge in [0.15, 0.2) is 23.0 Å². The molecule has 0 atom stereocenters. The first-order chi connectivity index (χ1) is 11.3. The van der Waals surface area contributed by atoms with E-state index in [4.69, 9.17) is 18.7 Å². The maximum atomic E-state index is 12.0. The van der Waals surface area contributed by atoms with Crippen molar-refractivity contribution < 1.29 is 23.5 Å². The zero-order valence-corrected chi connectivity index (χ0v) is 12.8. The first-order valence-electron chi connectivity index (χ1n) is 7.50. The van der Waals surface area contributed by atoms with Gasteiger partial charge in [0.2, 0.25) is 6.79 Å². The maximum absolute atomic E-state index is 12.0. The molecule has 0 spiro atoms. The Hall–Kier alpha value is -2.54. The molecule has 23 heavy (non-hydrogen) atoms. The number of rotatable bonds is 7. The van der Waals surface area contributed by atoms with Crippen molar-refractivity contribution >= 4 is 5.91 Å². The van der Waals surface area contributed by atoms with E-state index in [1.807, 2.05) is 13.0 Å². The lowest BCUT2D eigenvalue weighted by molar-refractivity contribution is 0.0907. The molecular formula is C16H18N2O5. The molecule has 0 saturated carbocycles. The lowest BCUT2D eigenvalue weighted by Gasteiger charge is -2.03. The molecule has 0 saturated heterocycles. The fourth-order valence-corrected chi connectivity index (χ4v) is 2.14. The summed E-state index contributed by atoms with van der Waals surface area (Å²) in [4.78, 5) is 12.0. The van der Waals surface area contributed by atoms with Crippen molar-refractivity contribution in [2.75, 3.05) is 26.6 Å². The number of ether oxygens (including phenoxy) is 3. The Morgan fingerprint density at radius 3 is 3.00 bits per heavy atom. The van der Waals surface area contributed by atoms with Crippen LogP contribution in [0.2, 0.25) is 0 Å². The van der Waals surface area contributed by atoms with Crippen LogP contribution in [0.1, 0.15) is 23.8 Å². The van der Waals surface area contributed by atoms with Crippen molar-refractivity contribution in [3.63, 3.8) is 0 Å². The summed E-state index contributed by atoms with van der Waals surface area (Å²) in [6.07, 6.45) is 0.954. The van der Waals surface area contributed by atoms with Gasteiger partial charge in [0.25, 0.3) is 5.91 Å². The molecule has 0 bridgehead atoms. The highest BCUT2D eigenvalue weighted by Gasteiger charge is 2.17. The first kappa shape index (κ1) is 15.4. The largest absolute Gasteiger partial charge is 0.454 e. The van der Waals surface area contributed by atoms with E-state index in [1.165, 1.54) is 0 Å². The van der Waals surface area contributed by atoms with E-state index in [9.17, 15) is 4.79 Å². The van der Waals surface area contributed by atoms with Crippen LogP contribution in [0.15, 0.2) is 28.8 Å². The quantitative estimate of drug-likeness (QED) is 0.788. The first-order valence-corrected chi connectivity index (χ1v) is 7.50. The van der Waals surface area contributed by atoms with Crippen molar-refractivity contribution in [1.29, 1.82) is 0 Å². The van der Waals surface area contributed by atoms with Gasteiger partial charge in [-0.2, -0.15) is 0 Å². The van der Waals surface area contributed by atoms with E-state index < -0.39 is 0 Å². The van der Waals surface area contributed by atoms with E-state index in [1.54, 1.807) is 18.2 Å². The van der Waals surface area contributed by atoms with Gasteiger partial charge >= 0.3 is 0 Å². The van der Waals surface area contributed by atoms with Gasteiger partial charge in [-0.1, -0.05) is 12.1 Å². The van der Waals surface area contributed by atoms with Gasteiger partial charge in [-0.15, -0.1) is 0 Å². The second kappa shape index (κ2) is 7.15. The number of carbonyl (C=O) groups excluding carboxylic acids is 1. The minimum Gasteiger partial charge on any atom is -0.454 e. The molecule has 3 rings (SSSR count). The number of benzene rings is 1. The smallest absolute Gasteiger partial charge is 0.273 e. The fourth-order valence-electron chi connectivity index (χ4n) is 2.14. The molecule has 7 heteroatoms.